The van der Waals surface area contributed by atoms with E-state index in [1.165, 1.54) is 12.1 Å². The second-order valence-electron chi connectivity index (χ2n) is 6.80. The molecule has 0 radical (unpaired) electrons. The molecule has 0 aromatic heterocycles. The standard InChI is InChI=1S/C24H24Cl2FNO2/c1-2-29-24-14-18(15-28-12-11-17-3-7-20(27)8-4-17)6-10-23(24)30-16-19-5-9-21(25)22(26)13-19/h3-10,13-14,28H,2,11-12,15-16H2,1H3. The predicted molar refractivity (Wildman–Crippen MR) is 120 cm³/mol. The number of benzene rings is 3. The van der Waals surface area contributed by atoms with Gasteiger partial charge in [-0.2, -0.15) is 0 Å². The van der Waals surface area contributed by atoms with E-state index in [1.54, 1.807) is 12.1 Å². The zero-order chi connectivity index (χ0) is 21.3. The lowest BCUT2D eigenvalue weighted by molar-refractivity contribution is 0.269. The number of rotatable bonds is 10. The summed E-state index contributed by atoms with van der Waals surface area (Å²) in [5.74, 6) is 1.17. The molecule has 0 amide bonds. The molecule has 158 valence electrons. The first-order valence-corrected chi connectivity index (χ1v) is 10.6. The molecule has 0 atom stereocenters. The average Bonchev–Trinajstić information content (AvgIpc) is 2.74. The molecule has 0 saturated heterocycles. The first-order chi connectivity index (χ1) is 14.5. The zero-order valence-electron chi connectivity index (χ0n) is 16.8. The summed E-state index contributed by atoms with van der Waals surface area (Å²) < 4.78 is 24.7. The van der Waals surface area contributed by atoms with Crippen LogP contribution < -0.4 is 14.8 Å². The largest absolute Gasteiger partial charge is 0.490 e. The molecule has 0 aliphatic heterocycles. The lowest BCUT2D eigenvalue weighted by Gasteiger charge is -2.14. The Hall–Kier alpha value is -2.27. The van der Waals surface area contributed by atoms with Gasteiger partial charge in [-0.25, -0.2) is 4.39 Å². The highest BCUT2D eigenvalue weighted by Crippen LogP contribution is 2.30. The zero-order valence-corrected chi connectivity index (χ0v) is 18.3. The van der Waals surface area contributed by atoms with Crippen molar-refractivity contribution in [3.63, 3.8) is 0 Å². The SMILES string of the molecule is CCOc1cc(CNCCc2ccc(F)cc2)ccc1OCc1ccc(Cl)c(Cl)c1. The third-order valence-corrected chi connectivity index (χ3v) is 5.26. The van der Waals surface area contributed by atoms with E-state index >= 15 is 0 Å². The van der Waals surface area contributed by atoms with E-state index in [1.807, 2.05) is 43.3 Å². The first-order valence-electron chi connectivity index (χ1n) is 9.82. The van der Waals surface area contributed by atoms with Crippen LogP contribution in [-0.4, -0.2) is 13.2 Å². The smallest absolute Gasteiger partial charge is 0.161 e. The van der Waals surface area contributed by atoms with Crippen LogP contribution in [0.25, 0.3) is 0 Å². The second-order valence-corrected chi connectivity index (χ2v) is 7.62. The molecule has 0 fully saturated rings. The maximum atomic E-state index is 13.0. The van der Waals surface area contributed by atoms with Crippen LogP contribution in [-0.2, 0) is 19.6 Å². The summed E-state index contributed by atoms with van der Waals surface area (Å²) in [6, 6.07) is 17.9. The molecule has 0 heterocycles. The van der Waals surface area contributed by atoms with E-state index in [0.29, 0.717) is 41.3 Å². The molecule has 1 N–H and O–H groups in total. The van der Waals surface area contributed by atoms with Gasteiger partial charge in [0.2, 0.25) is 0 Å². The van der Waals surface area contributed by atoms with Gasteiger partial charge in [-0.1, -0.05) is 47.5 Å². The molecule has 0 unspecified atom stereocenters. The number of hydrogen-bond donors (Lipinski definition) is 1. The minimum atomic E-state index is -0.211. The van der Waals surface area contributed by atoms with Crippen molar-refractivity contribution in [3.8, 4) is 11.5 Å². The summed E-state index contributed by atoms with van der Waals surface area (Å²) in [6.07, 6.45) is 0.837. The summed E-state index contributed by atoms with van der Waals surface area (Å²) in [5, 5.41) is 4.43. The van der Waals surface area contributed by atoms with Crippen LogP contribution in [0.1, 0.15) is 23.6 Å². The van der Waals surface area contributed by atoms with E-state index in [-0.39, 0.29) is 5.82 Å². The molecule has 30 heavy (non-hydrogen) atoms. The molecule has 3 rings (SSSR count). The van der Waals surface area contributed by atoms with Crippen molar-refractivity contribution in [2.45, 2.75) is 26.5 Å². The highest BCUT2D eigenvalue weighted by molar-refractivity contribution is 6.42. The monoisotopic (exact) mass is 447 g/mol. The molecular weight excluding hydrogens is 424 g/mol. The molecule has 0 aliphatic carbocycles. The Labute approximate surface area is 186 Å². The summed E-state index contributed by atoms with van der Waals surface area (Å²) in [7, 11) is 0. The van der Waals surface area contributed by atoms with E-state index in [0.717, 1.165) is 29.7 Å². The molecule has 0 spiro atoms. The molecule has 3 aromatic carbocycles. The topological polar surface area (TPSA) is 30.5 Å². The maximum Gasteiger partial charge on any atom is 0.161 e. The quantitative estimate of drug-likeness (QED) is 0.362. The lowest BCUT2D eigenvalue weighted by Crippen LogP contribution is -2.16. The van der Waals surface area contributed by atoms with E-state index < -0.39 is 0 Å². The number of hydrogen-bond acceptors (Lipinski definition) is 3. The highest BCUT2D eigenvalue weighted by atomic mass is 35.5. The van der Waals surface area contributed by atoms with Gasteiger partial charge in [0, 0.05) is 6.54 Å². The van der Waals surface area contributed by atoms with Gasteiger partial charge in [0.15, 0.2) is 11.5 Å². The van der Waals surface area contributed by atoms with Crippen LogP contribution >= 0.6 is 23.2 Å². The second kappa shape index (κ2) is 11.2. The van der Waals surface area contributed by atoms with Gasteiger partial charge in [0.05, 0.1) is 16.7 Å². The third-order valence-electron chi connectivity index (χ3n) is 4.52. The van der Waals surface area contributed by atoms with Crippen LogP contribution in [0.5, 0.6) is 11.5 Å². The summed E-state index contributed by atoms with van der Waals surface area (Å²) >= 11 is 12.0. The number of ether oxygens (including phenoxy) is 2. The van der Waals surface area contributed by atoms with Crippen molar-refractivity contribution in [1.29, 1.82) is 0 Å². The first kappa shape index (κ1) is 22.4. The Bertz CT molecular complexity index is 964. The third kappa shape index (κ3) is 6.63. The minimum Gasteiger partial charge on any atom is -0.490 e. The number of nitrogens with one attached hydrogen (secondary N) is 1. The van der Waals surface area contributed by atoms with Crippen molar-refractivity contribution in [3.05, 3.63) is 93.2 Å². The summed E-state index contributed by atoms with van der Waals surface area (Å²) in [6.45, 7) is 4.35. The van der Waals surface area contributed by atoms with Gasteiger partial charge in [0.1, 0.15) is 12.4 Å². The Morgan fingerprint density at radius 2 is 1.53 bits per heavy atom. The average molecular weight is 448 g/mol. The Morgan fingerprint density at radius 1 is 0.800 bits per heavy atom. The summed E-state index contributed by atoms with van der Waals surface area (Å²) in [4.78, 5) is 0. The van der Waals surface area contributed by atoms with Crippen LogP contribution in [0.4, 0.5) is 4.39 Å². The fourth-order valence-corrected chi connectivity index (χ4v) is 3.28. The van der Waals surface area contributed by atoms with Gasteiger partial charge >= 0.3 is 0 Å². The molecule has 3 nitrogen and oxygen atoms in total. The summed E-state index contributed by atoms with van der Waals surface area (Å²) in [5.41, 5.74) is 3.13. The van der Waals surface area contributed by atoms with Crippen molar-refractivity contribution in [2.75, 3.05) is 13.2 Å². The van der Waals surface area contributed by atoms with E-state index in [9.17, 15) is 4.39 Å². The molecule has 3 aromatic rings. The predicted octanol–water partition coefficient (Wildman–Crippen LogP) is 6.44. The Kier molecular flexibility index (Phi) is 8.38. The van der Waals surface area contributed by atoms with Crippen molar-refractivity contribution in [2.24, 2.45) is 0 Å². The molecule has 0 bridgehead atoms. The van der Waals surface area contributed by atoms with Crippen LogP contribution in [0.15, 0.2) is 60.7 Å². The van der Waals surface area contributed by atoms with Crippen LogP contribution in [0, 0.1) is 5.82 Å². The van der Waals surface area contributed by atoms with Crippen LogP contribution in [0.2, 0.25) is 10.0 Å². The fraction of sp³-hybridized carbons (Fsp3) is 0.250. The van der Waals surface area contributed by atoms with Gasteiger partial charge < -0.3 is 14.8 Å². The van der Waals surface area contributed by atoms with E-state index in [4.69, 9.17) is 32.7 Å². The van der Waals surface area contributed by atoms with Gasteiger partial charge in [0.25, 0.3) is 0 Å². The molecule has 6 heteroatoms. The van der Waals surface area contributed by atoms with Crippen molar-refractivity contribution < 1.29 is 13.9 Å². The van der Waals surface area contributed by atoms with Crippen molar-refractivity contribution >= 4 is 23.2 Å². The minimum absolute atomic E-state index is 0.211. The normalized spacial score (nSPS) is 10.8. The number of halogens is 3. The fourth-order valence-electron chi connectivity index (χ4n) is 2.96. The lowest BCUT2D eigenvalue weighted by atomic mass is 10.1. The molecule has 0 saturated carbocycles. The van der Waals surface area contributed by atoms with Crippen LogP contribution in [0.3, 0.4) is 0 Å². The Balaban J connectivity index is 1.55. The molecular formula is C24H24Cl2FNO2. The maximum absolute atomic E-state index is 13.0. The highest BCUT2D eigenvalue weighted by Gasteiger charge is 2.08. The van der Waals surface area contributed by atoms with Gasteiger partial charge in [-0.05, 0) is 73.0 Å². The van der Waals surface area contributed by atoms with E-state index in [2.05, 4.69) is 5.32 Å². The van der Waals surface area contributed by atoms with Crippen molar-refractivity contribution in [1.82, 2.24) is 5.32 Å². The molecule has 0 aliphatic rings. The van der Waals surface area contributed by atoms with Gasteiger partial charge in [-0.3, -0.25) is 0 Å². The Morgan fingerprint density at radius 3 is 2.27 bits per heavy atom. The van der Waals surface area contributed by atoms with Gasteiger partial charge in [-0.15, -0.1) is 0 Å².